The van der Waals surface area contributed by atoms with Gasteiger partial charge in [-0.3, -0.25) is 0 Å². The van der Waals surface area contributed by atoms with Gasteiger partial charge in [0.05, 0.1) is 0 Å². The number of hydrogen-bond acceptors (Lipinski definition) is 5. The zero-order chi connectivity index (χ0) is 15.8. The van der Waals surface area contributed by atoms with Gasteiger partial charge in [-0.15, -0.1) is 0 Å². The second-order valence-corrected chi connectivity index (χ2v) is 4.60. The maximum atomic E-state index is 8.95. The average Bonchev–Trinajstić information content (AvgIpc) is 2.49. The summed E-state index contributed by atoms with van der Waals surface area (Å²) in [4.78, 5) is 10.1. The van der Waals surface area contributed by atoms with Crippen LogP contribution in [0, 0.1) is 22.7 Å². The first-order chi connectivity index (χ1) is 10.0. The van der Waals surface area contributed by atoms with Crippen LogP contribution in [0.1, 0.15) is 37.9 Å². The van der Waals surface area contributed by atoms with Crippen LogP contribution in [-0.4, -0.2) is 28.0 Å². The number of halogens is 1. The molecule has 21 heavy (non-hydrogen) atoms. The summed E-state index contributed by atoms with van der Waals surface area (Å²) < 4.78 is 0. The van der Waals surface area contributed by atoms with E-state index in [1.807, 2.05) is 25.3 Å². The summed E-state index contributed by atoms with van der Waals surface area (Å²) in [6, 6.07) is 3.65. The molecule has 1 aromatic rings. The van der Waals surface area contributed by atoms with Crippen molar-refractivity contribution in [3.63, 3.8) is 0 Å². The first-order valence-corrected chi connectivity index (χ1v) is 6.91. The van der Waals surface area contributed by atoms with E-state index >= 15 is 0 Å². The largest absolute Gasteiger partial charge is 0.378 e. The average molecular weight is 302 g/mol. The molecule has 0 bridgehead atoms. The van der Waals surface area contributed by atoms with Crippen molar-refractivity contribution in [1.82, 2.24) is 14.9 Å². The molecule has 1 rings (SSSR count). The Hall–Kier alpha value is -2.37. The molecule has 5 nitrogen and oxygen atoms in total. The van der Waals surface area contributed by atoms with Gasteiger partial charge in [0.1, 0.15) is 17.8 Å². The van der Waals surface area contributed by atoms with Crippen molar-refractivity contribution in [2.24, 2.45) is 0 Å². The maximum Gasteiger partial charge on any atom is 0.178 e. The van der Waals surface area contributed by atoms with E-state index in [4.69, 9.17) is 22.1 Å². The minimum atomic E-state index is -0.0593. The number of hydrogen-bond donors (Lipinski definition) is 0. The molecule has 0 fully saturated rings. The molecule has 6 heteroatoms. The first kappa shape index (κ1) is 16.7. The Bertz CT molecular complexity index is 645. The predicted molar refractivity (Wildman–Crippen MR) is 82.2 cm³/mol. The van der Waals surface area contributed by atoms with E-state index in [0.29, 0.717) is 5.69 Å². The zero-order valence-electron chi connectivity index (χ0n) is 12.3. The van der Waals surface area contributed by atoms with Crippen LogP contribution in [0.25, 0.3) is 6.08 Å². The molecule has 0 saturated heterocycles. The van der Waals surface area contributed by atoms with Crippen molar-refractivity contribution in [1.29, 1.82) is 10.5 Å². The number of nitrogens with zero attached hydrogens (tertiary/aromatic N) is 5. The van der Waals surface area contributed by atoms with E-state index in [1.54, 1.807) is 12.1 Å². The van der Waals surface area contributed by atoms with Crippen molar-refractivity contribution < 1.29 is 0 Å². The van der Waals surface area contributed by atoms with E-state index in [2.05, 4.69) is 28.7 Å². The van der Waals surface area contributed by atoms with Gasteiger partial charge in [0.25, 0.3) is 0 Å². The summed E-state index contributed by atoms with van der Waals surface area (Å²) in [6.45, 7) is 7.92. The van der Waals surface area contributed by atoms with Crippen molar-refractivity contribution in [3.8, 4) is 12.1 Å². The SMILES string of the molecule is CCN(/C=C/C(C)=C/c1nc(C#N)c(C#N)nc1Cl)CC. The summed E-state index contributed by atoms with van der Waals surface area (Å²) in [5.74, 6) is 0. The van der Waals surface area contributed by atoms with Crippen LogP contribution in [0.2, 0.25) is 5.15 Å². The maximum absolute atomic E-state index is 8.95. The van der Waals surface area contributed by atoms with Crippen LogP contribution in [-0.2, 0) is 0 Å². The minimum absolute atomic E-state index is 0.0197. The molecular formula is C15H16ClN5. The van der Waals surface area contributed by atoms with Crippen LogP contribution in [0.4, 0.5) is 0 Å². The van der Waals surface area contributed by atoms with Gasteiger partial charge in [0.2, 0.25) is 0 Å². The monoisotopic (exact) mass is 301 g/mol. The molecule has 0 aliphatic heterocycles. The van der Waals surface area contributed by atoms with Gasteiger partial charge in [-0.25, -0.2) is 9.97 Å². The fourth-order valence-electron chi connectivity index (χ4n) is 1.60. The van der Waals surface area contributed by atoms with Crippen molar-refractivity contribution in [2.75, 3.05) is 13.1 Å². The van der Waals surface area contributed by atoms with E-state index in [-0.39, 0.29) is 16.5 Å². The molecule has 0 spiro atoms. The third-order valence-corrected chi connectivity index (χ3v) is 3.09. The Morgan fingerprint density at radius 3 is 2.29 bits per heavy atom. The van der Waals surface area contributed by atoms with E-state index < -0.39 is 0 Å². The van der Waals surface area contributed by atoms with Gasteiger partial charge in [0.15, 0.2) is 16.5 Å². The van der Waals surface area contributed by atoms with E-state index in [0.717, 1.165) is 18.7 Å². The second-order valence-electron chi connectivity index (χ2n) is 4.25. The minimum Gasteiger partial charge on any atom is -0.378 e. The molecular weight excluding hydrogens is 286 g/mol. The molecule has 0 N–H and O–H groups in total. The molecule has 0 unspecified atom stereocenters. The van der Waals surface area contributed by atoms with Crippen molar-refractivity contribution in [2.45, 2.75) is 20.8 Å². The van der Waals surface area contributed by atoms with Crippen LogP contribution in [0.5, 0.6) is 0 Å². The Morgan fingerprint density at radius 2 is 1.76 bits per heavy atom. The number of aromatic nitrogens is 2. The molecule has 1 aromatic heterocycles. The first-order valence-electron chi connectivity index (χ1n) is 6.53. The fourth-order valence-corrected chi connectivity index (χ4v) is 1.78. The van der Waals surface area contributed by atoms with Gasteiger partial charge in [-0.05, 0) is 44.7 Å². The molecule has 0 aromatic carbocycles. The Labute approximate surface area is 129 Å². The Balaban J connectivity index is 3.10. The highest BCUT2D eigenvalue weighted by Gasteiger charge is 2.10. The van der Waals surface area contributed by atoms with Crippen LogP contribution < -0.4 is 0 Å². The third-order valence-electron chi connectivity index (χ3n) is 2.81. The lowest BCUT2D eigenvalue weighted by Crippen LogP contribution is -2.15. The normalized spacial score (nSPS) is 11.2. The highest BCUT2D eigenvalue weighted by Crippen LogP contribution is 2.17. The molecule has 108 valence electrons. The summed E-state index contributed by atoms with van der Waals surface area (Å²) in [5.41, 5.74) is 1.23. The lowest BCUT2D eigenvalue weighted by molar-refractivity contribution is 0.419. The molecule has 0 aliphatic rings. The van der Waals surface area contributed by atoms with Crippen LogP contribution >= 0.6 is 11.6 Å². The van der Waals surface area contributed by atoms with Crippen LogP contribution in [0.3, 0.4) is 0 Å². The quantitative estimate of drug-likeness (QED) is 0.781. The molecule has 1 heterocycles. The number of allylic oxidation sites excluding steroid dienone is 2. The van der Waals surface area contributed by atoms with Gasteiger partial charge in [-0.1, -0.05) is 11.6 Å². The predicted octanol–water partition coefficient (Wildman–Crippen LogP) is 3.13. The topological polar surface area (TPSA) is 76.6 Å². The van der Waals surface area contributed by atoms with Gasteiger partial charge >= 0.3 is 0 Å². The van der Waals surface area contributed by atoms with Gasteiger partial charge in [0, 0.05) is 13.1 Å². The smallest absolute Gasteiger partial charge is 0.178 e. The molecule has 0 saturated carbocycles. The van der Waals surface area contributed by atoms with E-state index in [9.17, 15) is 0 Å². The summed E-state index contributed by atoms with van der Waals surface area (Å²) in [6.07, 6.45) is 5.66. The molecule has 0 amide bonds. The van der Waals surface area contributed by atoms with E-state index in [1.165, 1.54) is 0 Å². The van der Waals surface area contributed by atoms with Gasteiger partial charge in [-0.2, -0.15) is 10.5 Å². The highest BCUT2D eigenvalue weighted by atomic mass is 35.5. The van der Waals surface area contributed by atoms with Crippen molar-refractivity contribution >= 4 is 17.7 Å². The highest BCUT2D eigenvalue weighted by molar-refractivity contribution is 6.30. The standard InChI is InChI=1S/C15H16ClN5/c1-4-21(5-2)7-6-11(3)8-12-15(16)20-14(10-18)13(9-17)19-12/h6-8H,4-5H2,1-3H3/b7-6+,11-8+. The summed E-state index contributed by atoms with van der Waals surface area (Å²) in [7, 11) is 0. The van der Waals surface area contributed by atoms with Crippen molar-refractivity contribution in [3.05, 3.63) is 40.1 Å². The number of rotatable bonds is 5. The lowest BCUT2D eigenvalue weighted by atomic mass is 10.2. The molecule has 0 radical (unpaired) electrons. The third kappa shape index (κ3) is 4.59. The molecule has 0 aliphatic carbocycles. The lowest BCUT2D eigenvalue weighted by Gasteiger charge is -2.14. The fraction of sp³-hybridized carbons (Fsp3) is 0.333. The van der Waals surface area contributed by atoms with Crippen LogP contribution in [0.15, 0.2) is 17.8 Å². The Morgan fingerprint density at radius 1 is 1.19 bits per heavy atom. The Kier molecular flexibility index (Phi) is 6.39. The molecule has 0 atom stereocenters. The summed E-state index contributed by atoms with van der Waals surface area (Å²) in [5, 5.41) is 17.9. The number of nitriles is 2. The van der Waals surface area contributed by atoms with Gasteiger partial charge < -0.3 is 4.90 Å². The second kappa shape index (κ2) is 8.04. The summed E-state index contributed by atoms with van der Waals surface area (Å²) >= 11 is 5.99. The zero-order valence-corrected chi connectivity index (χ0v) is 13.0.